The molecule has 5 rings (SSSR count). The predicted octanol–water partition coefficient (Wildman–Crippen LogP) is 3.68. The number of aromatic nitrogens is 3. The van der Waals surface area contributed by atoms with Crippen molar-refractivity contribution in [1.82, 2.24) is 14.8 Å². The minimum Gasteiger partial charge on any atom is -0.508 e. The van der Waals surface area contributed by atoms with Gasteiger partial charge in [-0.1, -0.05) is 30.3 Å². The smallest absolute Gasteiger partial charge is 0.226 e. The topological polar surface area (TPSA) is 89.3 Å². The highest BCUT2D eigenvalue weighted by molar-refractivity contribution is 5.99. The number of hydrogen-bond acceptors (Lipinski definition) is 6. The Morgan fingerprint density at radius 2 is 2.03 bits per heavy atom. The number of carbonyl (C=O) groups excluding carboxylic acids is 1. The van der Waals surface area contributed by atoms with Gasteiger partial charge in [0.15, 0.2) is 11.6 Å². The SMILES string of the molecule is COc1ccccc1C1C2=C(CCCC2=O)Nc2nc(-c3cccc(O)c3)nn21. The molecule has 0 amide bonds. The van der Waals surface area contributed by atoms with Crippen LogP contribution in [-0.4, -0.2) is 32.8 Å². The molecule has 0 spiro atoms. The molecule has 3 aromatic rings. The van der Waals surface area contributed by atoms with Crippen LogP contribution in [0.2, 0.25) is 0 Å². The summed E-state index contributed by atoms with van der Waals surface area (Å²) in [5, 5.41) is 17.9. The van der Waals surface area contributed by atoms with Crippen LogP contribution in [0.15, 0.2) is 59.8 Å². The lowest BCUT2D eigenvalue weighted by Crippen LogP contribution is -2.31. The van der Waals surface area contributed by atoms with E-state index in [0.29, 0.717) is 29.5 Å². The molecule has 0 bridgehead atoms. The molecule has 0 saturated heterocycles. The van der Waals surface area contributed by atoms with Crippen molar-refractivity contribution in [3.8, 4) is 22.9 Å². The number of fused-ring (bicyclic) bond motifs is 1. The fraction of sp³-hybridized carbons (Fsp3) is 0.227. The summed E-state index contributed by atoms with van der Waals surface area (Å²) in [6, 6.07) is 14.1. The number of phenolic OH excluding ortho intramolecular Hbond substituents is 1. The van der Waals surface area contributed by atoms with E-state index < -0.39 is 6.04 Å². The lowest BCUT2D eigenvalue weighted by Gasteiger charge is -2.32. The third-order valence-corrected chi connectivity index (χ3v) is 5.41. The van der Waals surface area contributed by atoms with Gasteiger partial charge in [-0.3, -0.25) is 4.79 Å². The predicted molar refractivity (Wildman–Crippen MR) is 108 cm³/mol. The summed E-state index contributed by atoms with van der Waals surface area (Å²) >= 11 is 0. The summed E-state index contributed by atoms with van der Waals surface area (Å²) in [5.41, 5.74) is 3.20. The van der Waals surface area contributed by atoms with Gasteiger partial charge >= 0.3 is 0 Å². The average molecular weight is 388 g/mol. The molecule has 0 radical (unpaired) electrons. The second-order valence-electron chi connectivity index (χ2n) is 7.19. The summed E-state index contributed by atoms with van der Waals surface area (Å²) in [6.07, 6.45) is 2.13. The Kier molecular flexibility index (Phi) is 4.08. The Bertz CT molecular complexity index is 1150. The minimum atomic E-state index is -0.413. The van der Waals surface area contributed by atoms with Gasteiger partial charge in [0.05, 0.1) is 7.11 Å². The number of ketones is 1. The number of benzene rings is 2. The highest BCUT2D eigenvalue weighted by Gasteiger charge is 2.38. The molecule has 2 aliphatic rings. The molecule has 2 N–H and O–H groups in total. The second-order valence-corrected chi connectivity index (χ2v) is 7.19. The maximum atomic E-state index is 12.9. The summed E-state index contributed by atoms with van der Waals surface area (Å²) < 4.78 is 7.34. The van der Waals surface area contributed by atoms with Crippen molar-refractivity contribution < 1.29 is 14.6 Å². The maximum Gasteiger partial charge on any atom is 0.226 e. The zero-order valence-corrected chi connectivity index (χ0v) is 15.9. The molecule has 0 fully saturated rings. The second kappa shape index (κ2) is 6.77. The van der Waals surface area contributed by atoms with Crippen molar-refractivity contribution in [1.29, 1.82) is 0 Å². The van der Waals surface area contributed by atoms with Gasteiger partial charge in [-0.05, 0) is 31.0 Å². The van der Waals surface area contributed by atoms with Crippen LogP contribution in [0.25, 0.3) is 11.4 Å². The number of hydrogen-bond donors (Lipinski definition) is 2. The minimum absolute atomic E-state index is 0.120. The monoisotopic (exact) mass is 388 g/mol. The standard InChI is InChI=1S/C22H20N4O3/c1-29-18-11-3-2-8-15(18)20-19-16(9-5-10-17(19)28)23-22-24-21(25-26(20)22)13-6-4-7-14(27)12-13/h2-4,6-8,11-12,20,27H,5,9-10H2,1H3,(H,23,24,25). The highest BCUT2D eigenvalue weighted by Crippen LogP contribution is 2.43. The van der Waals surface area contributed by atoms with Crippen molar-refractivity contribution in [2.45, 2.75) is 25.3 Å². The van der Waals surface area contributed by atoms with E-state index in [1.165, 1.54) is 0 Å². The lowest BCUT2D eigenvalue weighted by molar-refractivity contribution is -0.116. The number of nitrogens with zero attached hydrogens (tertiary/aromatic N) is 3. The fourth-order valence-electron chi connectivity index (χ4n) is 4.10. The molecule has 0 saturated carbocycles. The van der Waals surface area contributed by atoms with Gasteiger partial charge in [0, 0.05) is 28.8 Å². The van der Waals surface area contributed by atoms with Crippen molar-refractivity contribution in [2.75, 3.05) is 12.4 Å². The lowest BCUT2D eigenvalue weighted by atomic mass is 9.85. The van der Waals surface area contributed by atoms with Gasteiger partial charge in [0.1, 0.15) is 17.5 Å². The number of para-hydroxylation sites is 1. The highest BCUT2D eigenvalue weighted by atomic mass is 16.5. The summed E-state index contributed by atoms with van der Waals surface area (Å²) in [6.45, 7) is 0. The molecule has 29 heavy (non-hydrogen) atoms. The Balaban J connectivity index is 1.71. The number of nitrogens with one attached hydrogen (secondary N) is 1. The van der Waals surface area contributed by atoms with Crippen LogP contribution in [0.1, 0.15) is 30.9 Å². The number of carbonyl (C=O) groups is 1. The van der Waals surface area contributed by atoms with Crippen LogP contribution in [0.3, 0.4) is 0 Å². The summed E-state index contributed by atoms with van der Waals surface area (Å²) in [4.78, 5) is 17.6. The van der Waals surface area contributed by atoms with Gasteiger partial charge in [0.2, 0.25) is 5.95 Å². The Morgan fingerprint density at radius 1 is 1.17 bits per heavy atom. The first-order valence-electron chi connectivity index (χ1n) is 9.58. The van der Waals surface area contributed by atoms with E-state index in [2.05, 4.69) is 10.3 Å². The van der Waals surface area contributed by atoms with E-state index in [0.717, 1.165) is 29.7 Å². The van der Waals surface area contributed by atoms with Crippen molar-refractivity contribution in [2.24, 2.45) is 0 Å². The number of Topliss-reactive ketones (excluding diaryl/α,β-unsaturated/α-hetero) is 1. The average Bonchev–Trinajstić information content (AvgIpc) is 3.16. The molecular weight excluding hydrogens is 368 g/mol. The van der Waals surface area contributed by atoms with Crippen molar-refractivity contribution in [3.05, 3.63) is 65.4 Å². The van der Waals surface area contributed by atoms with E-state index in [1.54, 1.807) is 30.0 Å². The molecule has 1 unspecified atom stereocenters. The fourth-order valence-corrected chi connectivity index (χ4v) is 4.10. The van der Waals surface area contributed by atoms with Crippen LogP contribution < -0.4 is 10.1 Å². The molecule has 1 aromatic heterocycles. The Morgan fingerprint density at radius 3 is 2.86 bits per heavy atom. The molecule has 1 aliphatic heterocycles. The van der Waals surface area contributed by atoms with Gasteiger partial charge in [-0.2, -0.15) is 4.98 Å². The Hall–Kier alpha value is -3.61. The summed E-state index contributed by atoms with van der Waals surface area (Å²) in [7, 11) is 1.62. The van der Waals surface area contributed by atoms with Crippen LogP contribution in [-0.2, 0) is 4.79 Å². The number of rotatable bonds is 3. The molecule has 7 nitrogen and oxygen atoms in total. The first-order chi connectivity index (χ1) is 14.2. The maximum absolute atomic E-state index is 12.9. The van der Waals surface area contributed by atoms with E-state index in [1.807, 2.05) is 30.3 Å². The first kappa shape index (κ1) is 17.5. The van der Waals surface area contributed by atoms with E-state index in [-0.39, 0.29) is 11.5 Å². The van der Waals surface area contributed by atoms with Crippen LogP contribution in [0.4, 0.5) is 5.95 Å². The number of aromatic hydroxyl groups is 1. The van der Waals surface area contributed by atoms with Gasteiger partial charge in [-0.25, -0.2) is 4.68 Å². The molecular formula is C22H20N4O3. The number of allylic oxidation sites excluding steroid dienone is 2. The van der Waals surface area contributed by atoms with E-state index in [4.69, 9.17) is 9.84 Å². The molecule has 1 atom stereocenters. The molecule has 2 aromatic carbocycles. The van der Waals surface area contributed by atoms with Gasteiger partial charge in [-0.15, -0.1) is 5.10 Å². The number of phenols is 1. The molecule has 7 heteroatoms. The molecule has 1 aliphatic carbocycles. The Labute approximate surface area is 167 Å². The summed E-state index contributed by atoms with van der Waals surface area (Å²) in [5.74, 6) is 2.03. The quantitative estimate of drug-likeness (QED) is 0.711. The zero-order valence-electron chi connectivity index (χ0n) is 15.9. The third-order valence-electron chi connectivity index (χ3n) is 5.41. The number of methoxy groups -OCH3 is 1. The molecule has 2 heterocycles. The third kappa shape index (κ3) is 2.86. The van der Waals surface area contributed by atoms with Crippen LogP contribution in [0, 0.1) is 0 Å². The van der Waals surface area contributed by atoms with Gasteiger partial charge in [0.25, 0.3) is 0 Å². The first-order valence-corrected chi connectivity index (χ1v) is 9.58. The van der Waals surface area contributed by atoms with Crippen LogP contribution >= 0.6 is 0 Å². The largest absolute Gasteiger partial charge is 0.508 e. The van der Waals surface area contributed by atoms with Crippen LogP contribution in [0.5, 0.6) is 11.5 Å². The van der Waals surface area contributed by atoms with Crippen molar-refractivity contribution in [3.63, 3.8) is 0 Å². The number of anilines is 1. The zero-order chi connectivity index (χ0) is 20.0. The normalized spacial score (nSPS) is 18.1. The van der Waals surface area contributed by atoms with Gasteiger partial charge < -0.3 is 15.2 Å². The molecule has 146 valence electrons. The van der Waals surface area contributed by atoms with E-state index in [9.17, 15) is 9.90 Å². The number of ether oxygens (including phenoxy) is 1. The van der Waals surface area contributed by atoms with Crippen molar-refractivity contribution >= 4 is 11.7 Å². The van der Waals surface area contributed by atoms with E-state index >= 15 is 0 Å².